The van der Waals surface area contributed by atoms with Gasteiger partial charge in [-0.3, -0.25) is 0 Å². The lowest BCUT2D eigenvalue weighted by molar-refractivity contribution is 0.321. The SMILES string of the molecule is ON=Cc1cc2ccccc2cc1F. The summed E-state index contributed by atoms with van der Waals surface area (Å²) in [4.78, 5) is 0. The molecule has 2 aromatic rings. The van der Waals surface area contributed by atoms with Crippen molar-refractivity contribution in [2.75, 3.05) is 0 Å². The summed E-state index contributed by atoms with van der Waals surface area (Å²) in [6.45, 7) is 0. The van der Waals surface area contributed by atoms with Crippen LogP contribution < -0.4 is 0 Å². The Hall–Kier alpha value is -1.90. The molecule has 0 spiro atoms. The number of nitrogens with zero attached hydrogens (tertiary/aromatic N) is 1. The molecule has 1 N–H and O–H groups in total. The molecule has 0 fully saturated rings. The van der Waals surface area contributed by atoms with E-state index in [-0.39, 0.29) is 11.4 Å². The molecular formula is C11H8FNO. The van der Waals surface area contributed by atoms with Crippen LogP contribution in [0.15, 0.2) is 41.6 Å². The molecule has 0 atom stereocenters. The number of benzene rings is 2. The Balaban J connectivity index is 2.70. The molecule has 2 nitrogen and oxygen atoms in total. The average Bonchev–Trinajstić information content (AvgIpc) is 2.19. The minimum absolute atomic E-state index is 0.284. The molecule has 2 rings (SSSR count). The van der Waals surface area contributed by atoms with Crippen LogP contribution in [-0.2, 0) is 0 Å². The Kier molecular flexibility index (Phi) is 2.14. The molecular weight excluding hydrogens is 181 g/mol. The lowest BCUT2D eigenvalue weighted by Gasteiger charge is -2.00. The van der Waals surface area contributed by atoms with E-state index in [9.17, 15) is 4.39 Å². The maximum atomic E-state index is 13.3. The summed E-state index contributed by atoms with van der Waals surface area (Å²) < 4.78 is 13.3. The zero-order chi connectivity index (χ0) is 9.97. The van der Waals surface area contributed by atoms with Gasteiger partial charge >= 0.3 is 0 Å². The van der Waals surface area contributed by atoms with Gasteiger partial charge in [0.15, 0.2) is 0 Å². The summed E-state index contributed by atoms with van der Waals surface area (Å²) in [5.41, 5.74) is 0.284. The van der Waals surface area contributed by atoms with Crippen molar-refractivity contribution in [1.82, 2.24) is 0 Å². The summed E-state index contributed by atoms with van der Waals surface area (Å²) in [6.07, 6.45) is 1.09. The number of hydrogen-bond donors (Lipinski definition) is 1. The molecule has 0 aliphatic heterocycles. The van der Waals surface area contributed by atoms with Gasteiger partial charge in [0.1, 0.15) is 5.82 Å². The van der Waals surface area contributed by atoms with Gasteiger partial charge in [0.25, 0.3) is 0 Å². The van der Waals surface area contributed by atoms with Gasteiger partial charge in [-0.2, -0.15) is 0 Å². The van der Waals surface area contributed by atoms with Crippen LogP contribution >= 0.6 is 0 Å². The molecule has 0 saturated heterocycles. The predicted octanol–water partition coefficient (Wildman–Crippen LogP) is 2.79. The highest BCUT2D eigenvalue weighted by Crippen LogP contribution is 2.17. The molecule has 0 bridgehead atoms. The maximum Gasteiger partial charge on any atom is 0.132 e. The van der Waals surface area contributed by atoms with Crippen LogP contribution in [0.25, 0.3) is 10.8 Å². The second-order valence-electron chi connectivity index (χ2n) is 2.97. The summed E-state index contributed by atoms with van der Waals surface area (Å²) >= 11 is 0. The van der Waals surface area contributed by atoms with Gasteiger partial charge in [0, 0.05) is 5.56 Å². The molecule has 0 aliphatic rings. The van der Waals surface area contributed by atoms with Crippen molar-refractivity contribution in [2.45, 2.75) is 0 Å². The van der Waals surface area contributed by atoms with E-state index < -0.39 is 0 Å². The van der Waals surface area contributed by atoms with E-state index in [1.54, 1.807) is 6.07 Å². The van der Waals surface area contributed by atoms with Crippen molar-refractivity contribution < 1.29 is 9.60 Å². The third kappa shape index (κ3) is 1.44. The third-order valence-corrected chi connectivity index (χ3v) is 2.06. The molecule has 0 saturated carbocycles. The first-order valence-corrected chi connectivity index (χ1v) is 4.17. The molecule has 70 valence electrons. The Morgan fingerprint density at radius 1 is 1.14 bits per heavy atom. The van der Waals surface area contributed by atoms with Gasteiger partial charge in [-0.15, -0.1) is 0 Å². The number of fused-ring (bicyclic) bond motifs is 1. The average molecular weight is 189 g/mol. The summed E-state index contributed by atoms with van der Waals surface area (Å²) in [7, 11) is 0. The Bertz CT molecular complexity index is 494. The van der Waals surface area contributed by atoms with Crippen molar-refractivity contribution in [3.05, 3.63) is 47.8 Å². The maximum absolute atomic E-state index is 13.3. The Labute approximate surface area is 80.3 Å². The number of rotatable bonds is 1. The summed E-state index contributed by atoms with van der Waals surface area (Å²) in [5, 5.41) is 12.9. The van der Waals surface area contributed by atoms with E-state index in [2.05, 4.69) is 5.16 Å². The van der Waals surface area contributed by atoms with Gasteiger partial charge in [-0.05, 0) is 22.9 Å². The van der Waals surface area contributed by atoms with Gasteiger partial charge < -0.3 is 5.21 Å². The molecule has 0 amide bonds. The highest BCUT2D eigenvalue weighted by atomic mass is 19.1. The first kappa shape index (κ1) is 8.69. The van der Waals surface area contributed by atoms with Gasteiger partial charge in [-0.25, -0.2) is 4.39 Å². The van der Waals surface area contributed by atoms with Crippen molar-refractivity contribution in [3.8, 4) is 0 Å². The van der Waals surface area contributed by atoms with E-state index in [4.69, 9.17) is 5.21 Å². The third-order valence-electron chi connectivity index (χ3n) is 2.06. The van der Waals surface area contributed by atoms with Crippen LogP contribution in [0.1, 0.15) is 5.56 Å². The summed E-state index contributed by atoms with van der Waals surface area (Å²) in [5.74, 6) is -0.387. The normalized spacial score (nSPS) is 11.2. The van der Waals surface area contributed by atoms with Crippen molar-refractivity contribution in [2.24, 2.45) is 5.16 Å². The smallest absolute Gasteiger partial charge is 0.132 e. The number of oxime groups is 1. The lowest BCUT2D eigenvalue weighted by Crippen LogP contribution is -1.88. The minimum Gasteiger partial charge on any atom is -0.411 e. The molecule has 0 radical (unpaired) electrons. The van der Waals surface area contributed by atoms with Crippen molar-refractivity contribution in [3.63, 3.8) is 0 Å². The van der Waals surface area contributed by atoms with E-state index in [0.29, 0.717) is 0 Å². The van der Waals surface area contributed by atoms with E-state index in [1.165, 1.54) is 6.07 Å². The van der Waals surface area contributed by atoms with Crippen LogP contribution in [-0.4, -0.2) is 11.4 Å². The molecule has 14 heavy (non-hydrogen) atoms. The standard InChI is InChI=1S/C11H8FNO/c12-11-6-9-4-2-1-3-8(9)5-10(11)7-13-14/h1-7,14H. The quantitative estimate of drug-likeness (QED) is 0.417. The highest BCUT2D eigenvalue weighted by molar-refractivity contribution is 5.90. The fraction of sp³-hybridized carbons (Fsp3) is 0. The second kappa shape index (κ2) is 3.46. The largest absolute Gasteiger partial charge is 0.411 e. The Morgan fingerprint density at radius 2 is 1.79 bits per heavy atom. The molecule has 2 aromatic carbocycles. The Morgan fingerprint density at radius 3 is 2.43 bits per heavy atom. The highest BCUT2D eigenvalue weighted by Gasteiger charge is 2.01. The molecule has 3 heteroatoms. The number of hydrogen-bond acceptors (Lipinski definition) is 2. The first-order chi connectivity index (χ1) is 6.81. The van der Waals surface area contributed by atoms with Gasteiger partial charge in [-0.1, -0.05) is 29.4 Å². The van der Waals surface area contributed by atoms with E-state index >= 15 is 0 Å². The van der Waals surface area contributed by atoms with Gasteiger partial charge in [0.05, 0.1) is 6.21 Å². The zero-order valence-corrected chi connectivity index (χ0v) is 7.31. The molecule has 0 heterocycles. The van der Waals surface area contributed by atoms with Crippen molar-refractivity contribution >= 4 is 17.0 Å². The lowest BCUT2D eigenvalue weighted by atomic mass is 10.1. The van der Waals surface area contributed by atoms with Crippen LogP contribution in [0.2, 0.25) is 0 Å². The minimum atomic E-state index is -0.387. The number of halogens is 1. The summed E-state index contributed by atoms with van der Waals surface area (Å²) in [6, 6.07) is 10.5. The first-order valence-electron chi connectivity index (χ1n) is 4.17. The van der Waals surface area contributed by atoms with Gasteiger partial charge in [0.2, 0.25) is 0 Å². The van der Waals surface area contributed by atoms with Crippen LogP contribution in [0.3, 0.4) is 0 Å². The van der Waals surface area contributed by atoms with E-state index in [0.717, 1.165) is 17.0 Å². The monoisotopic (exact) mass is 189 g/mol. The molecule has 0 aromatic heterocycles. The topological polar surface area (TPSA) is 32.6 Å². The fourth-order valence-corrected chi connectivity index (χ4v) is 1.39. The van der Waals surface area contributed by atoms with Crippen molar-refractivity contribution in [1.29, 1.82) is 0 Å². The molecule has 0 aliphatic carbocycles. The van der Waals surface area contributed by atoms with Crippen LogP contribution in [0, 0.1) is 5.82 Å². The van der Waals surface area contributed by atoms with Crippen LogP contribution in [0.5, 0.6) is 0 Å². The van der Waals surface area contributed by atoms with E-state index in [1.807, 2.05) is 24.3 Å². The van der Waals surface area contributed by atoms with Crippen LogP contribution in [0.4, 0.5) is 4.39 Å². The predicted molar refractivity (Wildman–Crippen MR) is 53.3 cm³/mol. The molecule has 0 unspecified atom stereocenters. The zero-order valence-electron chi connectivity index (χ0n) is 7.31. The second-order valence-corrected chi connectivity index (χ2v) is 2.97. The fourth-order valence-electron chi connectivity index (χ4n) is 1.39.